The predicted molar refractivity (Wildman–Crippen MR) is 54.9 cm³/mol. The highest BCUT2D eigenvalue weighted by molar-refractivity contribution is 5.78. The van der Waals surface area contributed by atoms with Gasteiger partial charge in [0, 0.05) is 25.4 Å². The second-order valence-corrected chi connectivity index (χ2v) is 3.75. The number of likely N-dealkylation sites (tertiary alicyclic amines) is 1. The minimum Gasteiger partial charge on any atom is -0.394 e. The Balaban J connectivity index is 2.07. The third kappa shape index (κ3) is 2.15. The summed E-state index contributed by atoms with van der Waals surface area (Å²) in [6.45, 7) is 0.628. The van der Waals surface area contributed by atoms with E-state index < -0.39 is 0 Å². The molecule has 2 rings (SSSR count). The van der Waals surface area contributed by atoms with Crippen LogP contribution in [0.2, 0.25) is 0 Å². The van der Waals surface area contributed by atoms with Crippen LogP contribution in [0.3, 0.4) is 0 Å². The number of hydrogen-bond acceptors (Lipinski definition) is 3. The Hall–Kier alpha value is -1.42. The average Bonchev–Trinajstić information content (AvgIpc) is 2.62. The van der Waals surface area contributed by atoms with Crippen LogP contribution in [-0.2, 0) is 11.3 Å². The van der Waals surface area contributed by atoms with Gasteiger partial charge in [-0.3, -0.25) is 9.78 Å². The summed E-state index contributed by atoms with van der Waals surface area (Å²) in [5.74, 6) is 0.130. The number of hydrogen-bond donors (Lipinski definition) is 1. The first kappa shape index (κ1) is 10.1. The van der Waals surface area contributed by atoms with E-state index >= 15 is 0 Å². The van der Waals surface area contributed by atoms with Crippen molar-refractivity contribution in [3.63, 3.8) is 0 Å². The lowest BCUT2D eigenvalue weighted by molar-refractivity contribution is -0.130. The Kier molecular flexibility index (Phi) is 2.97. The molecule has 0 saturated carbocycles. The molecule has 1 fully saturated rings. The van der Waals surface area contributed by atoms with Gasteiger partial charge in [-0.2, -0.15) is 0 Å². The average molecular weight is 206 g/mol. The van der Waals surface area contributed by atoms with Crippen molar-refractivity contribution in [2.75, 3.05) is 6.61 Å². The molecule has 0 unspecified atom stereocenters. The summed E-state index contributed by atoms with van der Waals surface area (Å²) in [6, 6.07) is 3.77. The number of amides is 1. The van der Waals surface area contributed by atoms with Gasteiger partial charge in [0.2, 0.25) is 5.91 Å². The maximum atomic E-state index is 11.5. The number of nitrogens with zero attached hydrogens (tertiary/aromatic N) is 2. The van der Waals surface area contributed by atoms with E-state index in [4.69, 9.17) is 5.11 Å². The Labute approximate surface area is 88.6 Å². The lowest BCUT2D eigenvalue weighted by Gasteiger charge is -2.23. The molecule has 4 nitrogen and oxygen atoms in total. The normalized spacial score (nSPS) is 21.0. The first-order valence-electron chi connectivity index (χ1n) is 5.10. The third-order valence-corrected chi connectivity index (χ3v) is 2.77. The van der Waals surface area contributed by atoms with E-state index in [1.54, 1.807) is 17.3 Å². The second-order valence-electron chi connectivity index (χ2n) is 3.75. The fraction of sp³-hybridized carbons (Fsp3) is 0.455. The smallest absolute Gasteiger partial charge is 0.223 e. The minimum absolute atomic E-state index is 0.00864. The molecule has 0 radical (unpaired) electrons. The molecule has 80 valence electrons. The zero-order chi connectivity index (χ0) is 10.7. The predicted octanol–water partition coefficient (Wildman–Crippen LogP) is 0.565. The summed E-state index contributed by atoms with van der Waals surface area (Å²) < 4.78 is 0. The SMILES string of the molecule is O=C1CC[C@H](CO)N1Cc1ccncc1. The zero-order valence-corrected chi connectivity index (χ0v) is 8.47. The number of carbonyl (C=O) groups excluding carboxylic acids is 1. The summed E-state index contributed by atoms with van der Waals surface area (Å²) in [5.41, 5.74) is 1.05. The van der Waals surface area contributed by atoms with E-state index in [-0.39, 0.29) is 18.6 Å². The zero-order valence-electron chi connectivity index (χ0n) is 8.47. The van der Waals surface area contributed by atoms with Crippen LogP contribution in [0.15, 0.2) is 24.5 Å². The lowest BCUT2D eigenvalue weighted by Crippen LogP contribution is -2.34. The quantitative estimate of drug-likeness (QED) is 0.786. The van der Waals surface area contributed by atoms with Crippen molar-refractivity contribution < 1.29 is 9.90 Å². The maximum absolute atomic E-state index is 11.5. The summed E-state index contributed by atoms with van der Waals surface area (Å²) >= 11 is 0. The molecular formula is C11H14N2O2. The molecule has 0 bridgehead atoms. The highest BCUT2D eigenvalue weighted by atomic mass is 16.3. The number of carbonyl (C=O) groups is 1. The van der Waals surface area contributed by atoms with Gasteiger partial charge < -0.3 is 10.0 Å². The molecule has 1 saturated heterocycles. The van der Waals surface area contributed by atoms with E-state index in [9.17, 15) is 4.79 Å². The van der Waals surface area contributed by atoms with Crippen LogP contribution in [0, 0.1) is 0 Å². The van der Waals surface area contributed by atoms with Gasteiger partial charge in [0.05, 0.1) is 12.6 Å². The minimum atomic E-state index is -0.00864. The molecule has 15 heavy (non-hydrogen) atoms. The van der Waals surface area contributed by atoms with Crippen LogP contribution in [0.25, 0.3) is 0 Å². The van der Waals surface area contributed by atoms with Crippen molar-refractivity contribution in [1.82, 2.24) is 9.88 Å². The van der Waals surface area contributed by atoms with Crippen LogP contribution in [0.4, 0.5) is 0 Å². The van der Waals surface area contributed by atoms with Crippen molar-refractivity contribution in [2.45, 2.75) is 25.4 Å². The Morgan fingerprint density at radius 2 is 2.20 bits per heavy atom. The van der Waals surface area contributed by atoms with Crippen LogP contribution in [0.5, 0.6) is 0 Å². The van der Waals surface area contributed by atoms with Crippen LogP contribution >= 0.6 is 0 Å². The Morgan fingerprint density at radius 1 is 1.47 bits per heavy atom. The molecule has 2 heterocycles. The first-order chi connectivity index (χ1) is 7.31. The summed E-state index contributed by atoms with van der Waals surface area (Å²) in [5, 5.41) is 9.13. The molecule has 0 aromatic carbocycles. The first-order valence-corrected chi connectivity index (χ1v) is 5.10. The van der Waals surface area contributed by atoms with Gasteiger partial charge in [-0.25, -0.2) is 0 Å². The van der Waals surface area contributed by atoms with Crippen molar-refractivity contribution in [2.24, 2.45) is 0 Å². The fourth-order valence-electron chi connectivity index (χ4n) is 1.89. The largest absolute Gasteiger partial charge is 0.394 e. The van der Waals surface area contributed by atoms with Gasteiger partial charge in [0.25, 0.3) is 0 Å². The number of rotatable bonds is 3. The summed E-state index contributed by atoms with van der Waals surface area (Å²) in [7, 11) is 0. The lowest BCUT2D eigenvalue weighted by atomic mass is 10.2. The van der Waals surface area contributed by atoms with Gasteiger partial charge in [-0.1, -0.05) is 0 Å². The molecule has 0 spiro atoms. The topological polar surface area (TPSA) is 53.4 Å². The molecule has 1 N–H and O–H groups in total. The molecule has 1 atom stereocenters. The number of aromatic nitrogens is 1. The summed E-state index contributed by atoms with van der Waals surface area (Å²) in [4.78, 5) is 17.2. The van der Waals surface area contributed by atoms with Crippen molar-refractivity contribution in [3.8, 4) is 0 Å². The summed E-state index contributed by atoms with van der Waals surface area (Å²) in [6.07, 6.45) is 4.74. The van der Waals surface area contributed by atoms with Crippen LogP contribution in [0.1, 0.15) is 18.4 Å². The van der Waals surface area contributed by atoms with Crippen molar-refractivity contribution in [1.29, 1.82) is 0 Å². The van der Waals surface area contributed by atoms with Crippen LogP contribution < -0.4 is 0 Å². The van der Waals surface area contributed by atoms with Crippen LogP contribution in [-0.4, -0.2) is 33.5 Å². The highest BCUT2D eigenvalue weighted by Crippen LogP contribution is 2.20. The van der Waals surface area contributed by atoms with Crippen molar-refractivity contribution in [3.05, 3.63) is 30.1 Å². The Bertz CT molecular complexity index is 340. The van der Waals surface area contributed by atoms with E-state index in [1.165, 1.54) is 0 Å². The highest BCUT2D eigenvalue weighted by Gasteiger charge is 2.29. The van der Waals surface area contributed by atoms with Gasteiger partial charge in [-0.15, -0.1) is 0 Å². The molecule has 1 amide bonds. The second kappa shape index (κ2) is 4.40. The maximum Gasteiger partial charge on any atom is 0.223 e. The number of aliphatic hydroxyl groups is 1. The molecule has 1 aliphatic rings. The molecule has 4 heteroatoms. The molecule has 1 aromatic heterocycles. The fourth-order valence-corrected chi connectivity index (χ4v) is 1.89. The molecular weight excluding hydrogens is 192 g/mol. The standard InChI is InChI=1S/C11H14N2O2/c14-8-10-1-2-11(15)13(10)7-9-3-5-12-6-4-9/h3-6,10,14H,1-2,7-8H2/t10-/m1/s1. The number of aliphatic hydroxyl groups excluding tert-OH is 1. The van der Waals surface area contributed by atoms with E-state index in [0.29, 0.717) is 13.0 Å². The van der Waals surface area contributed by atoms with Gasteiger partial charge >= 0.3 is 0 Å². The number of pyridine rings is 1. The van der Waals surface area contributed by atoms with Gasteiger partial charge in [0.1, 0.15) is 0 Å². The van der Waals surface area contributed by atoms with Gasteiger partial charge in [0.15, 0.2) is 0 Å². The Morgan fingerprint density at radius 3 is 2.87 bits per heavy atom. The third-order valence-electron chi connectivity index (χ3n) is 2.77. The molecule has 1 aromatic rings. The monoisotopic (exact) mass is 206 g/mol. The van der Waals surface area contributed by atoms with Gasteiger partial charge in [-0.05, 0) is 24.1 Å². The van der Waals surface area contributed by atoms with E-state index in [1.807, 2.05) is 12.1 Å². The molecule has 0 aliphatic carbocycles. The molecule has 1 aliphatic heterocycles. The van der Waals surface area contributed by atoms with E-state index in [0.717, 1.165) is 12.0 Å². The van der Waals surface area contributed by atoms with E-state index in [2.05, 4.69) is 4.98 Å². The van der Waals surface area contributed by atoms with Crippen molar-refractivity contribution >= 4 is 5.91 Å².